The van der Waals surface area contributed by atoms with Crippen molar-refractivity contribution in [2.75, 3.05) is 20.6 Å². The number of hydrogen-bond acceptors (Lipinski definition) is 3. The highest BCUT2D eigenvalue weighted by Crippen LogP contribution is 2.07. The molecule has 0 bridgehead atoms. The molecular weight excluding hydrogens is 330 g/mol. The van der Waals surface area contributed by atoms with Crippen LogP contribution in [-0.4, -0.2) is 43.3 Å². The molecule has 0 saturated heterocycles. The molecule has 0 atom stereocenters. The Morgan fingerprint density at radius 3 is 2.19 bits per heavy atom. The Morgan fingerprint density at radius 2 is 1.58 bits per heavy atom. The third-order valence-electron chi connectivity index (χ3n) is 3.93. The van der Waals surface area contributed by atoms with Gasteiger partial charge in [-0.2, -0.15) is 0 Å². The van der Waals surface area contributed by atoms with Gasteiger partial charge in [0.1, 0.15) is 0 Å². The van der Waals surface area contributed by atoms with Crippen LogP contribution in [0.5, 0.6) is 0 Å². The van der Waals surface area contributed by atoms with Crippen molar-refractivity contribution in [1.82, 2.24) is 15.5 Å². The van der Waals surface area contributed by atoms with Gasteiger partial charge in [-0.05, 0) is 23.3 Å². The summed E-state index contributed by atoms with van der Waals surface area (Å²) >= 11 is 0. The van der Waals surface area contributed by atoms with Crippen molar-refractivity contribution in [3.05, 3.63) is 71.3 Å². The van der Waals surface area contributed by atoms with E-state index in [1.165, 1.54) is 4.90 Å². The van der Waals surface area contributed by atoms with E-state index in [0.29, 0.717) is 12.1 Å². The molecule has 0 unspecified atom stereocenters. The number of benzene rings is 2. The smallest absolute Gasteiger partial charge is 0.251 e. The lowest BCUT2D eigenvalue weighted by molar-refractivity contribution is -0.132. The summed E-state index contributed by atoms with van der Waals surface area (Å²) in [5.41, 5.74) is 2.38. The predicted octanol–water partition coefficient (Wildman–Crippen LogP) is 1.36. The van der Waals surface area contributed by atoms with Gasteiger partial charge in [0.25, 0.3) is 5.91 Å². The van der Waals surface area contributed by atoms with Gasteiger partial charge in [-0.15, -0.1) is 0 Å². The van der Waals surface area contributed by atoms with Crippen LogP contribution in [0.3, 0.4) is 0 Å². The lowest BCUT2D eigenvalue weighted by Gasteiger charge is -2.18. The Hall–Kier alpha value is -3.15. The van der Waals surface area contributed by atoms with E-state index >= 15 is 0 Å². The fourth-order valence-electron chi connectivity index (χ4n) is 2.42. The van der Waals surface area contributed by atoms with Gasteiger partial charge < -0.3 is 15.5 Å². The van der Waals surface area contributed by atoms with Crippen LogP contribution in [0.4, 0.5) is 0 Å². The van der Waals surface area contributed by atoms with Crippen LogP contribution in [0.1, 0.15) is 21.5 Å². The second-order valence-electron chi connectivity index (χ2n) is 5.96. The van der Waals surface area contributed by atoms with Gasteiger partial charge in [0.15, 0.2) is 0 Å². The highest BCUT2D eigenvalue weighted by atomic mass is 16.2. The molecule has 0 aromatic heterocycles. The number of nitrogens with zero attached hydrogens (tertiary/aromatic N) is 1. The number of amides is 3. The molecule has 26 heavy (non-hydrogen) atoms. The SMILES string of the molecule is CNC(=O)c1ccc(CN(C)C(=O)CNC(=O)Cc2ccccc2)cc1. The maximum Gasteiger partial charge on any atom is 0.251 e. The minimum atomic E-state index is -0.187. The topological polar surface area (TPSA) is 78.5 Å². The summed E-state index contributed by atoms with van der Waals surface area (Å²) in [4.78, 5) is 37.1. The quantitative estimate of drug-likeness (QED) is 0.789. The third-order valence-corrected chi connectivity index (χ3v) is 3.93. The van der Waals surface area contributed by atoms with Crippen molar-refractivity contribution in [3.8, 4) is 0 Å². The molecule has 0 heterocycles. The van der Waals surface area contributed by atoms with Gasteiger partial charge in [-0.25, -0.2) is 0 Å². The lowest BCUT2D eigenvalue weighted by atomic mass is 10.1. The van der Waals surface area contributed by atoms with E-state index in [1.54, 1.807) is 26.2 Å². The molecule has 2 aromatic carbocycles. The van der Waals surface area contributed by atoms with Gasteiger partial charge in [-0.1, -0.05) is 42.5 Å². The first-order valence-corrected chi connectivity index (χ1v) is 8.35. The van der Waals surface area contributed by atoms with Crippen LogP contribution in [0.2, 0.25) is 0 Å². The molecule has 6 nitrogen and oxygen atoms in total. The summed E-state index contributed by atoms with van der Waals surface area (Å²) < 4.78 is 0. The summed E-state index contributed by atoms with van der Waals surface area (Å²) in [7, 11) is 3.26. The molecular formula is C20H23N3O3. The number of carbonyl (C=O) groups is 3. The standard InChI is InChI=1S/C20H23N3O3/c1-21-20(26)17-10-8-16(9-11-17)14-23(2)19(25)13-22-18(24)12-15-6-4-3-5-7-15/h3-11H,12-14H2,1-2H3,(H,21,26)(H,22,24). The summed E-state index contributed by atoms with van der Waals surface area (Å²) in [6.07, 6.45) is 0.249. The summed E-state index contributed by atoms with van der Waals surface area (Å²) in [6, 6.07) is 16.4. The van der Waals surface area contributed by atoms with Crippen LogP contribution in [0.25, 0.3) is 0 Å². The van der Waals surface area contributed by atoms with Gasteiger partial charge in [0.05, 0.1) is 13.0 Å². The average molecular weight is 353 g/mol. The van der Waals surface area contributed by atoms with Crippen molar-refractivity contribution >= 4 is 17.7 Å². The Bertz CT molecular complexity index is 758. The van der Waals surface area contributed by atoms with Crippen LogP contribution in [0, 0.1) is 0 Å². The fourth-order valence-corrected chi connectivity index (χ4v) is 2.42. The lowest BCUT2D eigenvalue weighted by Crippen LogP contribution is -2.38. The molecule has 3 amide bonds. The Labute approximate surface area is 153 Å². The van der Waals surface area contributed by atoms with Crippen LogP contribution >= 0.6 is 0 Å². The van der Waals surface area contributed by atoms with Gasteiger partial charge >= 0.3 is 0 Å². The first-order chi connectivity index (χ1) is 12.5. The van der Waals surface area contributed by atoms with Crippen molar-refractivity contribution < 1.29 is 14.4 Å². The molecule has 136 valence electrons. The van der Waals surface area contributed by atoms with E-state index in [4.69, 9.17) is 0 Å². The Kier molecular flexibility index (Phi) is 6.91. The van der Waals surface area contributed by atoms with E-state index in [1.807, 2.05) is 42.5 Å². The third kappa shape index (κ3) is 5.73. The molecule has 0 aliphatic carbocycles. The highest BCUT2D eigenvalue weighted by Gasteiger charge is 2.12. The average Bonchev–Trinajstić information content (AvgIpc) is 2.66. The van der Waals surface area contributed by atoms with Crippen LogP contribution in [0.15, 0.2) is 54.6 Å². The van der Waals surface area contributed by atoms with E-state index in [9.17, 15) is 14.4 Å². The normalized spacial score (nSPS) is 10.1. The Balaban J connectivity index is 1.80. The van der Waals surface area contributed by atoms with E-state index in [2.05, 4.69) is 10.6 Å². The monoisotopic (exact) mass is 353 g/mol. The van der Waals surface area contributed by atoms with Crippen molar-refractivity contribution in [2.24, 2.45) is 0 Å². The van der Waals surface area contributed by atoms with Gasteiger partial charge in [-0.3, -0.25) is 14.4 Å². The largest absolute Gasteiger partial charge is 0.355 e. The van der Waals surface area contributed by atoms with Gasteiger partial charge in [0, 0.05) is 26.2 Å². The minimum absolute atomic E-state index is 0.0432. The number of likely N-dealkylation sites (N-methyl/N-ethyl adjacent to an activating group) is 1. The van der Waals surface area contributed by atoms with Crippen LogP contribution < -0.4 is 10.6 Å². The minimum Gasteiger partial charge on any atom is -0.355 e. The van der Waals surface area contributed by atoms with Crippen molar-refractivity contribution in [3.63, 3.8) is 0 Å². The summed E-state index contributed by atoms with van der Waals surface area (Å²) in [5, 5.41) is 5.21. The summed E-state index contributed by atoms with van der Waals surface area (Å²) in [6.45, 7) is 0.361. The van der Waals surface area contributed by atoms with Crippen LogP contribution in [-0.2, 0) is 22.6 Å². The molecule has 0 aliphatic heterocycles. The zero-order valence-corrected chi connectivity index (χ0v) is 15.0. The molecule has 0 fully saturated rings. The Morgan fingerprint density at radius 1 is 0.923 bits per heavy atom. The van der Waals surface area contributed by atoms with E-state index in [-0.39, 0.29) is 30.7 Å². The zero-order chi connectivity index (χ0) is 18.9. The summed E-state index contributed by atoms with van der Waals surface area (Å²) in [5.74, 6) is -0.517. The fraction of sp³-hybridized carbons (Fsp3) is 0.250. The van der Waals surface area contributed by atoms with E-state index < -0.39 is 0 Å². The number of hydrogen-bond donors (Lipinski definition) is 2. The molecule has 2 N–H and O–H groups in total. The van der Waals surface area contributed by atoms with Crippen molar-refractivity contribution in [1.29, 1.82) is 0 Å². The molecule has 0 aliphatic rings. The molecule has 2 aromatic rings. The maximum absolute atomic E-state index is 12.2. The zero-order valence-electron chi connectivity index (χ0n) is 15.0. The molecule has 0 radical (unpaired) electrons. The molecule has 0 spiro atoms. The first kappa shape index (κ1) is 19.2. The van der Waals surface area contributed by atoms with E-state index in [0.717, 1.165) is 11.1 Å². The van der Waals surface area contributed by atoms with Crippen molar-refractivity contribution in [2.45, 2.75) is 13.0 Å². The first-order valence-electron chi connectivity index (χ1n) is 8.35. The van der Waals surface area contributed by atoms with Gasteiger partial charge in [0.2, 0.25) is 11.8 Å². The number of nitrogens with one attached hydrogen (secondary N) is 2. The number of rotatable bonds is 7. The molecule has 0 saturated carbocycles. The maximum atomic E-state index is 12.2. The second-order valence-corrected chi connectivity index (χ2v) is 5.96. The highest BCUT2D eigenvalue weighted by molar-refractivity contribution is 5.94. The predicted molar refractivity (Wildman–Crippen MR) is 99.5 cm³/mol. The molecule has 2 rings (SSSR count). The second kappa shape index (κ2) is 9.36. The number of carbonyl (C=O) groups excluding carboxylic acids is 3. The molecule has 6 heteroatoms.